The topological polar surface area (TPSA) is 49.9 Å². The largest absolute Gasteiger partial charge is 0.479 e. The molecule has 2 aliphatic rings. The first-order valence-corrected chi connectivity index (χ1v) is 5.00. The molecule has 0 amide bonds. The normalized spacial score (nSPS) is 23.1. The number of nitrogens with zero attached hydrogens (tertiary/aromatic N) is 1. The molecule has 0 atom stereocenters. The van der Waals surface area contributed by atoms with Crippen LogP contribution in [0.5, 0.6) is 5.75 Å². The van der Waals surface area contributed by atoms with Crippen molar-refractivity contribution in [3.8, 4) is 5.75 Å². The third kappa shape index (κ3) is 1.14. The van der Waals surface area contributed by atoms with Crippen molar-refractivity contribution in [2.24, 2.45) is 0 Å². The van der Waals surface area contributed by atoms with Crippen LogP contribution in [0.25, 0.3) is 6.08 Å². The molecule has 4 heteroatoms. The zero-order valence-corrected chi connectivity index (χ0v) is 7.92. The van der Waals surface area contributed by atoms with Crippen molar-refractivity contribution in [3.63, 3.8) is 0 Å². The highest BCUT2D eigenvalue weighted by Crippen LogP contribution is 2.34. The van der Waals surface area contributed by atoms with Gasteiger partial charge in [0.05, 0.1) is 11.9 Å². The van der Waals surface area contributed by atoms with Crippen molar-refractivity contribution in [2.45, 2.75) is 18.4 Å². The Morgan fingerprint density at radius 1 is 1.36 bits per heavy atom. The van der Waals surface area contributed by atoms with Gasteiger partial charge in [0.1, 0.15) is 5.60 Å². The Balaban J connectivity index is 1.92. The summed E-state index contributed by atoms with van der Waals surface area (Å²) in [5, 5.41) is 10.2. The van der Waals surface area contributed by atoms with Gasteiger partial charge in [-0.25, -0.2) is 0 Å². The van der Waals surface area contributed by atoms with E-state index in [2.05, 4.69) is 27.7 Å². The summed E-state index contributed by atoms with van der Waals surface area (Å²) in [6.07, 6.45) is 8.07. The second-order valence-corrected chi connectivity index (χ2v) is 3.90. The van der Waals surface area contributed by atoms with Crippen LogP contribution in [0, 0.1) is 0 Å². The van der Waals surface area contributed by atoms with Gasteiger partial charge < -0.3 is 10.1 Å². The van der Waals surface area contributed by atoms with Gasteiger partial charge in [-0.1, -0.05) is 0 Å². The van der Waals surface area contributed by atoms with Crippen LogP contribution in [0.2, 0.25) is 0 Å². The van der Waals surface area contributed by atoms with E-state index < -0.39 is 0 Å². The summed E-state index contributed by atoms with van der Waals surface area (Å²) in [5.41, 5.74) is 0.899. The van der Waals surface area contributed by atoms with Crippen molar-refractivity contribution in [1.82, 2.24) is 15.5 Å². The third-order valence-electron chi connectivity index (χ3n) is 2.95. The lowest BCUT2D eigenvalue weighted by atomic mass is 9.90. The first-order chi connectivity index (χ1) is 6.88. The van der Waals surface area contributed by atoms with Gasteiger partial charge in [-0.2, -0.15) is 5.10 Å². The van der Waals surface area contributed by atoms with Gasteiger partial charge in [-0.05, 0) is 25.2 Å². The zero-order valence-electron chi connectivity index (χ0n) is 7.92. The van der Waals surface area contributed by atoms with Crippen LogP contribution in [-0.2, 0) is 0 Å². The molecule has 0 unspecified atom stereocenters. The van der Waals surface area contributed by atoms with Gasteiger partial charge in [0.25, 0.3) is 0 Å². The zero-order chi connectivity index (χ0) is 9.43. The average molecular weight is 191 g/mol. The summed E-state index contributed by atoms with van der Waals surface area (Å²) < 4.78 is 5.98. The van der Waals surface area contributed by atoms with E-state index in [1.807, 2.05) is 0 Å². The van der Waals surface area contributed by atoms with E-state index in [9.17, 15) is 0 Å². The van der Waals surface area contributed by atoms with Crippen LogP contribution in [0.15, 0.2) is 12.3 Å². The Labute approximate surface area is 82.3 Å². The number of hydrogen-bond donors (Lipinski definition) is 2. The fourth-order valence-electron chi connectivity index (χ4n) is 2.09. The van der Waals surface area contributed by atoms with Crippen LogP contribution in [-0.4, -0.2) is 28.9 Å². The van der Waals surface area contributed by atoms with Gasteiger partial charge in [-0.3, -0.25) is 5.10 Å². The standard InChI is InChI=1S/C10H13N3O/c1-2-10(3-5-11-6-4-10)14-9-7-12-13-8(1)9/h1-2,7,11H,3-6H2,(H,12,13). The molecule has 4 nitrogen and oxygen atoms in total. The molecule has 1 saturated heterocycles. The minimum Gasteiger partial charge on any atom is -0.479 e. The number of ether oxygens (including phenoxy) is 1. The van der Waals surface area contributed by atoms with E-state index >= 15 is 0 Å². The van der Waals surface area contributed by atoms with Gasteiger partial charge in [0.15, 0.2) is 5.75 Å². The molecule has 3 heterocycles. The quantitative estimate of drug-likeness (QED) is 0.641. The summed E-state index contributed by atoms with van der Waals surface area (Å²) in [4.78, 5) is 0. The van der Waals surface area contributed by atoms with E-state index in [-0.39, 0.29) is 5.60 Å². The second kappa shape index (κ2) is 2.85. The first kappa shape index (κ1) is 8.05. The maximum Gasteiger partial charge on any atom is 0.165 e. The fraction of sp³-hybridized carbons (Fsp3) is 0.500. The molecular formula is C10H13N3O. The molecule has 2 N–H and O–H groups in total. The first-order valence-electron chi connectivity index (χ1n) is 5.00. The van der Waals surface area contributed by atoms with Crippen LogP contribution in [0.4, 0.5) is 0 Å². The van der Waals surface area contributed by atoms with E-state index in [1.54, 1.807) is 6.20 Å². The predicted octanol–water partition coefficient (Wildman–Crippen LogP) is 0.937. The lowest BCUT2D eigenvalue weighted by molar-refractivity contribution is 0.0823. The van der Waals surface area contributed by atoms with Crippen LogP contribution in [0.3, 0.4) is 0 Å². The molecule has 1 fully saturated rings. The Morgan fingerprint density at radius 2 is 2.21 bits per heavy atom. The lowest BCUT2D eigenvalue weighted by Crippen LogP contribution is -2.45. The van der Waals surface area contributed by atoms with Crippen molar-refractivity contribution < 1.29 is 4.74 Å². The Hall–Kier alpha value is -1.29. The SMILES string of the molecule is C1=CC2(CCNCC2)Oc2cn[nH]c21. The smallest absolute Gasteiger partial charge is 0.165 e. The number of nitrogens with one attached hydrogen (secondary N) is 2. The highest BCUT2D eigenvalue weighted by Gasteiger charge is 2.34. The van der Waals surface area contributed by atoms with Crippen LogP contribution < -0.4 is 10.1 Å². The molecule has 1 aromatic heterocycles. The summed E-state index contributed by atoms with van der Waals surface area (Å²) in [6.45, 7) is 2.05. The summed E-state index contributed by atoms with van der Waals surface area (Å²) in [7, 11) is 0. The van der Waals surface area contributed by atoms with E-state index in [0.717, 1.165) is 37.4 Å². The van der Waals surface area contributed by atoms with Gasteiger partial charge in [0.2, 0.25) is 0 Å². The number of fused-ring (bicyclic) bond motifs is 1. The maximum atomic E-state index is 5.98. The molecule has 0 radical (unpaired) electrons. The summed E-state index contributed by atoms with van der Waals surface area (Å²) in [5.74, 6) is 0.884. The van der Waals surface area contributed by atoms with E-state index in [1.165, 1.54) is 0 Å². The number of H-pyrrole nitrogens is 1. The number of piperidine rings is 1. The van der Waals surface area contributed by atoms with E-state index in [4.69, 9.17) is 4.74 Å². The molecule has 0 bridgehead atoms. The number of rotatable bonds is 0. The molecule has 1 aromatic rings. The number of hydrogen-bond acceptors (Lipinski definition) is 3. The van der Waals surface area contributed by atoms with Crippen LogP contribution in [0.1, 0.15) is 18.5 Å². The number of aromatic amines is 1. The van der Waals surface area contributed by atoms with Gasteiger partial charge in [0, 0.05) is 12.8 Å². The lowest BCUT2D eigenvalue weighted by Gasteiger charge is -2.37. The highest BCUT2D eigenvalue weighted by molar-refractivity contribution is 5.56. The molecule has 74 valence electrons. The third-order valence-corrected chi connectivity index (χ3v) is 2.95. The Kier molecular flexibility index (Phi) is 1.64. The molecule has 3 rings (SSSR count). The molecule has 0 aliphatic carbocycles. The van der Waals surface area contributed by atoms with Crippen molar-refractivity contribution >= 4 is 6.08 Å². The summed E-state index contributed by atoms with van der Waals surface area (Å²) >= 11 is 0. The van der Waals surface area contributed by atoms with E-state index in [0.29, 0.717) is 0 Å². The maximum absolute atomic E-state index is 5.98. The molecule has 1 spiro atoms. The monoisotopic (exact) mass is 191 g/mol. The predicted molar refractivity (Wildman–Crippen MR) is 53.1 cm³/mol. The Morgan fingerprint density at radius 3 is 3.07 bits per heavy atom. The summed E-state index contributed by atoms with van der Waals surface area (Å²) in [6, 6.07) is 0. The van der Waals surface area contributed by atoms with Crippen molar-refractivity contribution in [3.05, 3.63) is 18.0 Å². The van der Waals surface area contributed by atoms with Crippen molar-refractivity contribution in [1.29, 1.82) is 0 Å². The molecular weight excluding hydrogens is 178 g/mol. The highest BCUT2D eigenvalue weighted by atomic mass is 16.5. The van der Waals surface area contributed by atoms with Crippen LogP contribution >= 0.6 is 0 Å². The average Bonchev–Trinajstić information content (AvgIpc) is 2.66. The van der Waals surface area contributed by atoms with Gasteiger partial charge >= 0.3 is 0 Å². The second-order valence-electron chi connectivity index (χ2n) is 3.90. The Bertz CT molecular complexity index is 363. The molecule has 2 aliphatic heterocycles. The van der Waals surface area contributed by atoms with Gasteiger partial charge in [-0.15, -0.1) is 0 Å². The molecule has 14 heavy (non-hydrogen) atoms. The van der Waals surface area contributed by atoms with Crippen molar-refractivity contribution in [2.75, 3.05) is 13.1 Å². The minimum absolute atomic E-state index is 0.0812. The fourth-order valence-corrected chi connectivity index (χ4v) is 2.09. The molecule has 0 saturated carbocycles. The molecule has 0 aromatic carbocycles. The minimum atomic E-state index is -0.0812. The number of aromatic nitrogens is 2.